The maximum absolute atomic E-state index is 12.7. The van der Waals surface area contributed by atoms with Crippen LogP contribution in [0, 0.1) is 0 Å². The second-order valence-electron chi connectivity index (χ2n) is 6.44. The van der Waals surface area contributed by atoms with Gasteiger partial charge in [0, 0.05) is 13.2 Å². The Morgan fingerprint density at radius 3 is 2.60 bits per heavy atom. The van der Waals surface area contributed by atoms with Crippen LogP contribution in [0.15, 0.2) is 30.3 Å². The van der Waals surface area contributed by atoms with Crippen LogP contribution >= 0.6 is 0 Å². The van der Waals surface area contributed by atoms with E-state index in [2.05, 4.69) is 10.6 Å². The van der Waals surface area contributed by atoms with E-state index in [1.807, 2.05) is 19.9 Å². The second-order valence-corrected chi connectivity index (χ2v) is 6.44. The number of carbonyl (C=O) groups excluding carboxylic acids is 3. The molecule has 0 bridgehead atoms. The Balaban J connectivity index is 1.89. The van der Waals surface area contributed by atoms with E-state index in [4.69, 9.17) is 4.74 Å². The lowest BCUT2D eigenvalue weighted by Gasteiger charge is -2.22. The van der Waals surface area contributed by atoms with Crippen LogP contribution in [0.5, 0.6) is 0 Å². The summed E-state index contributed by atoms with van der Waals surface area (Å²) in [4.78, 5) is 37.8. The third-order valence-corrected chi connectivity index (χ3v) is 4.02. The first-order chi connectivity index (χ1) is 11.8. The molecule has 7 nitrogen and oxygen atoms in total. The molecule has 0 aliphatic carbocycles. The largest absolute Gasteiger partial charge is 0.379 e. The average molecular weight is 347 g/mol. The van der Waals surface area contributed by atoms with Gasteiger partial charge in [-0.1, -0.05) is 30.3 Å². The summed E-state index contributed by atoms with van der Waals surface area (Å²) in [7, 11) is 0. The van der Waals surface area contributed by atoms with Crippen LogP contribution in [0.3, 0.4) is 0 Å². The molecular formula is C18H25N3O4. The first kappa shape index (κ1) is 18.9. The minimum atomic E-state index is -1.15. The average Bonchev–Trinajstić information content (AvgIpc) is 2.79. The molecule has 25 heavy (non-hydrogen) atoms. The van der Waals surface area contributed by atoms with Crippen molar-refractivity contribution in [3.8, 4) is 0 Å². The van der Waals surface area contributed by atoms with Gasteiger partial charge in [-0.15, -0.1) is 0 Å². The predicted octanol–water partition coefficient (Wildman–Crippen LogP) is 1.38. The number of hydrogen-bond donors (Lipinski definition) is 2. The van der Waals surface area contributed by atoms with Gasteiger partial charge in [-0.05, 0) is 32.8 Å². The third-order valence-electron chi connectivity index (χ3n) is 4.02. The first-order valence-electron chi connectivity index (χ1n) is 8.42. The van der Waals surface area contributed by atoms with Crippen molar-refractivity contribution >= 4 is 17.8 Å². The van der Waals surface area contributed by atoms with Gasteiger partial charge in [-0.3, -0.25) is 14.5 Å². The summed E-state index contributed by atoms with van der Waals surface area (Å²) >= 11 is 0. The van der Waals surface area contributed by atoms with Crippen LogP contribution in [0.25, 0.3) is 0 Å². The molecule has 1 heterocycles. The van der Waals surface area contributed by atoms with E-state index in [0.29, 0.717) is 25.1 Å². The third kappa shape index (κ3) is 4.57. The maximum atomic E-state index is 12.7. The molecule has 0 aromatic heterocycles. The number of nitrogens with zero attached hydrogens (tertiary/aromatic N) is 1. The Kier molecular flexibility index (Phi) is 6.14. The van der Waals surface area contributed by atoms with Crippen molar-refractivity contribution < 1.29 is 19.1 Å². The van der Waals surface area contributed by atoms with Crippen LogP contribution in [0.2, 0.25) is 0 Å². The van der Waals surface area contributed by atoms with E-state index >= 15 is 0 Å². The van der Waals surface area contributed by atoms with Crippen molar-refractivity contribution in [2.24, 2.45) is 0 Å². The molecule has 1 fully saturated rings. The molecule has 1 saturated heterocycles. The minimum Gasteiger partial charge on any atom is -0.379 e. The van der Waals surface area contributed by atoms with Crippen molar-refractivity contribution in [2.45, 2.75) is 38.8 Å². The zero-order valence-corrected chi connectivity index (χ0v) is 14.9. The molecule has 1 aliphatic heterocycles. The number of amides is 4. The summed E-state index contributed by atoms with van der Waals surface area (Å²) in [6.07, 6.45) is 0.823. The Bertz CT molecular complexity index is 632. The van der Waals surface area contributed by atoms with E-state index in [9.17, 15) is 14.4 Å². The van der Waals surface area contributed by atoms with E-state index in [1.165, 1.54) is 0 Å². The molecule has 7 heteroatoms. The van der Waals surface area contributed by atoms with Gasteiger partial charge < -0.3 is 15.4 Å². The van der Waals surface area contributed by atoms with Gasteiger partial charge in [0.15, 0.2) is 0 Å². The van der Waals surface area contributed by atoms with Crippen molar-refractivity contribution in [1.29, 1.82) is 0 Å². The van der Waals surface area contributed by atoms with Gasteiger partial charge in [-0.2, -0.15) is 0 Å². The fourth-order valence-corrected chi connectivity index (χ4v) is 2.63. The Hall–Kier alpha value is -2.41. The molecule has 1 unspecified atom stereocenters. The quantitative estimate of drug-likeness (QED) is 0.549. The van der Waals surface area contributed by atoms with Gasteiger partial charge in [0.25, 0.3) is 5.91 Å². The molecule has 0 saturated carbocycles. The highest BCUT2D eigenvalue weighted by Gasteiger charge is 2.49. The number of benzene rings is 1. The molecule has 1 aromatic rings. The van der Waals surface area contributed by atoms with Gasteiger partial charge in [0.1, 0.15) is 12.1 Å². The van der Waals surface area contributed by atoms with Gasteiger partial charge in [-0.25, -0.2) is 4.79 Å². The fraction of sp³-hybridized carbons (Fsp3) is 0.500. The summed E-state index contributed by atoms with van der Waals surface area (Å²) in [6, 6.07) is 8.42. The summed E-state index contributed by atoms with van der Waals surface area (Å²) in [5.74, 6) is -0.799. The topological polar surface area (TPSA) is 87.7 Å². The van der Waals surface area contributed by atoms with Crippen LogP contribution in [0.1, 0.15) is 32.8 Å². The highest BCUT2D eigenvalue weighted by molar-refractivity contribution is 6.09. The number of nitrogens with one attached hydrogen (secondary N) is 2. The van der Waals surface area contributed by atoms with Crippen LogP contribution in [0.4, 0.5) is 4.79 Å². The van der Waals surface area contributed by atoms with E-state index in [1.54, 1.807) is 31.2 Å². The predicted molar refractivity (Wildman–Crippen MR) is 92.8 cm³/mol. The van der Waals surface area contributed by atoms with E-state index in [-0.39, 0.29) is 18.6 Å². The fourth-order valence-electron chi connectivity index (χ4n) is 2.63. The van der Waals surface area contributed by atoms with Crippen molar-refractivity contribution in [2.75, 3.05) is 19.7 Å². The number of rotatable bonds is 8. The zero-order chi connectivity index (χ0) is 18.4. The molecule has 1 aliphatic rings. The lowest BCUT2D eigenvalue weighted by Crippen LogP contribution is -2.43. The molecule has 0 radical (unpaired) electrons. The SMILES string of the molecule is CC(C)OCCCNC(=O)CN1C(=O)NC(C)(c2ccccc2)C1=O. The molecule has 1 atom stereocenters. The van der Waals surface area contributed by atoms with Crippen LogP contribution in [-0.4, -0.2) is 48.5 Å². The number of ether oxygens (including phenoxy) is 1. The molecule has 1 aromatic carbocycles. The Morgan fingerprint density at radius 1 is 1.28 bits per heavy atom. The Labute approximate surface area is 147 Å². The lowest BCUT2D eigenvalue weighted by atomic mass is 9.92. The standard InChI is InChI=1S/C18H25N3O4/c1-13(2)25-11-7-10-19-15(22)12-21-16(23)18(3,20-17(21)24)14-8-5-4-6-9-14/h4-6,8-9,13H,7,10-12H2,1-3H3,(H,19,22)(H,20,24). The lowest BCUT2D eigenvalue weighted by molar-refractivity contribution is -0.134. The van der Waals surface area contributed by atoms with Gasteiger partial charge in [0.05, 0.1) is 6.10 Å². The first-order valence-corrected chi connectivity index (χ1v) is 8.42. The van der Waals surface area contributed by atoms with Gasteiger partial charge >= 0.3 is 6.03 Å². The number of urea groups is 1. The van der Waals surface area contributed by atoms with Gasteiger partial charge in [0.2, 0.25) is 5.91 Å². The van der Waals surface area contributed by atoms with E-state index in [0.717, 1.165) is 4.90 Å². The number of hydrogen-bond acceptors (Lipinski definition) is 4. The summed E-state index contributed by atoms with van der Waals surface area (Å²) in [5.41, 5.74) is -0.467. The minimum absolute atomic E-state index is 0.150. The molecule has 2 N–H and O–H groups in total. The highest BCUT2D eigenvalue weighted by Crippen LogP contribution is 2.28. The van der Waals surface area contributed by atoms with Crippen LogP contribution in [-0.2, 0) is 19.9 Å². The normalized spacial score (nSPS) is 20.1. The highest BCUT2D eigenvalue weighted by atomic mass is 16.5. The Morgan fingerprint density at radius 2 is 1.96 bits per heavy atom. The monoisotopic (exact) mass is 347 g/mol. The van der Waals surface area contributed by atoms with Crippen molar-refractivity contribution in [3.05, 3.63) is 35.9 Å². The molecule has 136 valence electrons. The zero-order valence-electron chi connectivity index (χ0n) is 14.9. The van der Waals surface area contributed by atoms with E-state index < -0.39 is 17.5 Å². The maximum Gasteiger partial charge on any atom is 0.325 e. The molecule has 4 amide bonds. The summed E-state index contributed by atoms with van der Waals surface area (Å²) in [6.45, 7) is 6.22. The molecular weight excluding hydrogens is 322 g/mol. The summed E-state index contributed by atoms with van der Waals surface area (Å²) < 4.78 is 5.39. The van der Waals surface area contributed by atoms with Crippen LogP contribution < -0.4 is 10.6 Å². The second kappa shape index (κ2) is 8.11. The smallest absolute Gasteiger partial charge is 0.325 e. The molecule has 0 spiro atoms. The molecule has 2 rings (SSSR count). The summed E-state index contributed by atoms with van der Waals surface area (Å²) in [5, 5.41) is 5.38. The van der Waals surface area contributed by atoms with Crippen molar-refractivity contribution in [3.63, 3.8) is 0 Å². The number of imide groups is 1. The van der Waals surface area contributed by atoms with Crippen molar-refractivity contribution in [1.82, 2.24) is 15.5 Å². The number of carbonyl (C=O) groups is 3.